The maximum absolute atomic E-state index is 5.82. The molecule has 3 heterocycles. The first-order valence-corrected chi connectivity index (χ1v) is 7.51. The fourth-order valence-electron chi connectivity index (χ4n) is 2.83. The molecule has 7 heteroatoms. The molecule has 2 N–H and O–H groups in total. The summed E-state index contributed by atoms with van der Waals surface area (Å²) in [6.07, 6.45) is 10.1. The zero-order valence-corrected chi connectivity index (χ0v) is 12.3. The maximum atomic E-state index is 5.82. The van der Waals surface area contributed by atoms with Gasteiger partial charge in [0.2, 0.25) is 17.8 Å². The predicted molar refractivity (Wildman–Crippen MR) is 81.2 cm³/mol. The van der Waals surface area contributed by atoms with Crippen LogP contribution in [-0.2, 0) is 0 Å². The van der Waals surface area contributed by atoms with Crippen molar-refractivity contribution in [3.8, 4) is 5.95 Å². The Labute approximate surface area is 124 Å². The molecule has 0 amide bonds. The molecular weight excluding hydrogens is 266 g/mol. The monoisotopic (exact) mass is 287 g/mol. The third kappa shape index (κ3) is 3.12. The van der Waals surface area contributed by atoms with Gasteiger partial charge >= 0.3 is 0 Å². The van der Waals surface area contributed by atoms with Crippen LogP contribution >= 0.6 is 0 Å². The van der Waals surface area contributed by atoms with Gasteiger partial charge in [-0.3, -0.25) is 4.57 Å². The first-order valence-electron chi connectivity index (χ1n) is 7.51. The molecular formula is C14H21N7. The van der Waals surface area contributed by atoms with Crippen molar-refractivity contribution in [2.75, 3.05) is 23.7 Å². The van der Waals surface area contributed by atoms with E-state index in [4.69, 9.17) is 5.73 Å². The highest BCUT2D eigenvalue weighted by Gasteiger charge is 2.21. The van der Waals surface area contributed by atoms with Gasteiger partial charge in [-0.15, -0.1) is 0 Å². The first kappa shape index (κ1) is 13.8. The highest BCUT2D eigenvalue weighted by molar-refractivity contribution is 5.38. The minimum atomic E-state index is 0.249. The van der Waals surface area contributed by atoms with Crippen molar-refractivity contribution in [3.05, 3.63) is 18.7 Å². The van der Waals surface area contributed by atoms with Crippen LogP contribution in [-0.4, -0.2) is 37.6 Å². The van der Waals surface area contributed by atoms with E-state index in [1.54, 1.807) is 23.3 Å². The second kappa shape index (κ2) is 6.07. The normalized spacial score (nSPS) is 16.3. The second-order valence-corrected chi connectivity index (χ2v) is 5.48. The van der Waals surface area contributed by atoms with E-state index in [1.807, 2.05) is 0 Å². The topological polar surface area (TPSA) is 85.8 Å². The Morgan fingerprint density at radius 1 is 1.19 bits per heavy atom. The van der Waals surface area contributed by atoms with E-state index < -0.39 is 0 Å². The number of rotatable bonds is 4. The predicted octanol–water partition coefficient (Wildman–Crippen LogP) is 1.66. The molecule has 1 fully saturated rings. The highest BCUT2D eigenvalue weighted by atomic mass is 15.3. The summed E-state index contributed by atoms with van der Waals surface area (Å²) in [5.74, 6) is 2.27. The van der Waals surface area contributed by atoms with Gasteiger partial charge in [0.15, 0.2) is 0 Å². The summed E-state index contributed by atoms with van der Waals surface area (Å²) < 4.78 is 1.74. The summed E-state index contributed by atoms with van der Waals surface area (Å²) in [6, 6.07) is 0. The van der Waals surface area contributed by atoms with Gasteiger partial charge in [0.25, 0.3) is 0 Å². The lowest BCUT2D eigenvalue weighted by atomic mass is 9.93. The zero-order valence-electron chi connectivity index (χ0n) is 12.3. The van der Waals surface area contributed by atoms with Gasteiger partial charge in [0, 0.05) is 25.5 Å². The number of aromatic nitrogens is 5. The summed E-state index contributed by atoms with van der Waals surface area (Å²) in [4.78, 5) is 19.2. The molecule has 0 saturated carbocycles. The standard InChI is InChI=1S/C14H21N7/c1-2-3-11-4-7-20(8-5-11)13-17-12(15)18-14(19-13)21-9-6-16-10-21/h6,9-11H,2-5,7-8H2,1H3,(H2,15,17,18,19). The van der Waals surface area contributed by atoms with Crippen molar-refractivity contribution in [2.24, 2.45) is 5.92 Å². The number of anilines is 2. The number of hydrogen-bond donors (Lipinski definition) is 1. The number of nitrogen functional groups attached to an aromatic ring is 1. The van der Waals surface area contributed by atoms with Gasteiger partial charge in [-0.05, 0) is 18.8 Å². The van der Waals surface area contributed by atoms with Crippen molar-refractivity contribution in [3.63, 3.8) is 0 Å². The van der Waals surface area contributed by atoms with Crippen LogP contribution in [0.4, 0.5) is 11.9 Å². The summed E-state index contributed by atoms with van der Waals surface area (Å²) in [5, 5.41) is 0. The molecule has 7 nitrogen and oxygen atoms in total. The van der Waals surface area contributed by atoms with Crippen LogP contribution in [0.15, 0.2) is 18.7 Å². The van der Waals surface area contributed by atoms with E-state index in [0.29, 0.717) is 11.9 Å². The number of hydrogen-bond acceptors (Lipinski definition) is 6. The summed E-state index contributed by atoms with van der Waals surface area (Å²) >= 11 is 0. The lowest BCUT2D eigenvalue weighted by Gasteiger charge is -2.31. The molecule has 2 aromatic rings. The Balaban J connectivity index is 1.77. The molecule has 0 atom stereocenters. The zero-order chi connectivity index (χ0) is 14.7. The minimum absolute atomic E-state index is 0.249. The van der Waals surface area contributed by atoms with E-state index in [-0.39, 0.29) is 5.95 Å². The SMILES string of the molecule is CCCC1CCN(c2nc(N)nc(-n3ccnc3)n2)CC1. The largest absolute Gasteiger partial charge is 0.368 e. The highest BCUT2D eigenvalue weighted by Crippen LogP contribution is 2.24. The van der Waals surface area contributed by atoms with Crippen LogP contribution in [0.2, 0.25) is 0 Å². The van der Waals surface area contributed by atoms with E-state index >= 15 is 0 Å². The lowest BCUT2D eigenvalue weighted by Crippen LogP contribution is -2.35. The average Bonchev–Trinajstić information content (AvgIpc) is 3.02. The van der Waals surface area contributed by atoms with Gasteiger partial charge < -0.3 is 10.6 Å². The fraction of sp³-hybridized carbons (Fsp3) is 0.571. The molecule has 21 heavy (non-hydrogen) atoms. The lowest BCUT2D eigenvalue weighted by molar-refractivity contribution is 0.376. The average molecular weight is 287 g/mol. The Morgan fingerprint density at radius 2 is 1.95 bits per heavy atom. The minimum Gasteiger partial charge on any atom is -0.368 e. The van der Waals surface area contributed by atoms with Gasteiger partial charge in [-0.2, -0.15) is 15.0 Å². The van der Waals surface area contributed by atoms with Crippen molar-refractivity contribution < 1.29 is 0 Å². The smallest absolute Gasteiger partial charge is 0.241 e. The summed E-state index contributed by atoms with van der Waals surface area (Å²) in [7, 11) is 0. The van der Waals surface area contributed by atoms with Crippen molar-refractivity contribution in [1.29, 1.82) is 0 Å². The Morgan fingerprint density at radius 3 is 2.62 bits per heavy atom. The van der Waals surface area contributed by atoms with Crippen LogP contribution in [0.1, 0.15) is 32.6 Å². The summed E-state index contributed by atoms with van der Waals surface area (Å²) in [6.45, 7) is 4.21. The second-order valence-electron chi connectivity index (χ2n) is 5.48. The number of piperidine rings is 1. The van der Waals surface area contributed by atoms with Gasteiger partial charge in [-0.25, -0.2) is 4.98 Å². The number of imidazole rings is 1. The molecule has 0 aromatic carbocycles. The Kier molecular flexibility index (Phi) is 3.98. The third-order valence-electron chi connectivity index (χ3n) is 3.96. The van der Waals surface area contributed by atoms with E-state index in [9.17, 15) is 0 Å². The molecule has 3 rings (SSSR count). The van der Waals surface area contributed by atoms with Crippen LogP contribution < -0.4 is 10.6 Å². The maximum Gasteiger partial charge on any atom is 0.241 e. The molecule has 0 unspecified atom stereocenters. The molecule has 112 valence electrons. The van der Waals surface area contributed by atoms with E-state index in [1.165, 1.54) is 25.7 Å². The molecule has 1 saturated heterocycles. The van der Waals surface area contributed by atoms with E-state index in [0.717, 1.165) is 19.0 Å². The summed E-state index contributed by atoms with van der Waals surface area (Å²) in [5.41, 5.74) is 5.82. The first-order chi connectivity index (χ1) is 10.3. The molecule has 0 bridgehead atoms. The quantitative estimate of drug-likeness (QED) is 0.920. The number of nitrogens with zero attached hydrogens (tertiary/aromatic N) is 6. The van der Waals surface area contributed by atoms with Crippen molar-refractivity contribution in [1.82, 2.24) is 24.5 Å². The van der Waals surface area contributed by atoms with Crippen molar-refractivity contribution in [2.45, 2.75) is 32.6 Å². The Hall–Kier alpha value is -2.18. The van der Waals surface area contributed by atoms with Crippen LogP contribution in [0.25, 0.3) is 5.95 Å². The fourth-order valence-corrected chi connectivity index (χ4v) is 2.83. The number of nitrogens with two attached hydrogens (primary N) is 1. The third-order valence-corrected chi connectivity index (χ3v) is 3.96. The van der Waals surface area contributed by atoms with Crippen LogP contribution in [0.5, 0.6) is 0 Å². The van der Waals surface area contributed by atoms with Gasteiger partial charge in [0.05, 0.1) is 0 Å². The molecule has 0 aliphatic carbocycles. The van der Waals surface area contributed by atoms with Gasteiger partial charge in [0.1, 0.15) is 6.33 Å². The molecule has 2 aromatic heterocycles. The molecule has 0 radical (unpaired) electrons. The Bertz CT molecular complexity index is 573. The molecule has 1 aliphatic heterocycles. The van der Waals surface area contributed by atoms with Crippen LogP contribution in [0.3, 0.4) is 0 Å². The molecule has 0 spiro atoms. The van der Waals surface area contributed by atoms with Crippen molar-refractivity contribution >= 4 is 11.9 Å². The van der Waals surface area contributed by atoms with Crippen LogP contribution in [0, 0.1) is 5.92 Å². The van der Waals surface area contributed by atoms with Gasteiger partial charge in [-0.1, -0.05) is 19.8 Å². The molecule has 1 aliphatic rings. The van der Waals surface area contributed by atoms with E-state index in [2.05, 4.69) is 31.8 Å².